The second-order valence-corrected chi connectivity index (χ2v) is 10.1. The molecule has 0 atom stereocenters. The number of aryl methyl sites for hydroxylation is 4. The fraction of sp³-hybridized carbons (Fsp3) is 0.375. The van der Waals surface area contributed by atoms with Crippen molar-refractivity contribution in [3.05, 3.63) is 101 Å². The molecule has 2 aromatic carbocycles. The van der Waals surface area contributed by atoms with Crippen LogP contribution in [0.3, 0.4) is 0 Å². The van der Waals surface area contributed by atoms with Crippen LogP contribution in [0, 0.1) is 31.7 Å². The Morgan fingerprint density at radius 3 is 2.14 bits per heavy atom. The van der Waals surface area contributed by atoms with Gasteiger partial charge in [0.15, 0.2) is 5.78 Å². The fourth-order valence-electron chi connectivity index (χ4n) is 3.96. The van der Waals surface area contributed by atoms with Crippen molar-refractivity contribution in [3.8, 4) is 11.3 Å². The number of hydrogen-bond donors (Lipinski definition) is 1. The quantitative estimate of drug-likeness (QED) is 0.143. The molecule has 3 aromatic rings. The molecule has 1 N–H and O–H groups in total. The average Bonchev–Trinajstić information content (AvgIpc) is 2.77. The zero-order chi connectivity index (χ0) is 25.8. The van der Waals surface area contributed by atoms with Gasteiger partial charge in [-0.25, -0.2) is 0 Å². The van der Waals surface area contributed by atoms with Crippen LogP contribution in [0.1, 0.15) is 62.8 Å². The maximum absolute atomic E-state index is 11.2. The molecule has 0 spiro atoms. The first-order valence-corrected chi connectivity index (χ1v) is 12.5. The first-order valence-electron chi connectivity index (χ1n) is 12.5. The van der Waals surface area contributed by atoms with Gasteiger partial charge in [-0.15, -0.1) is 35.9 Å². The Kier molecular flexibility index (Phi) is 14.2. The van der Waals surface area contributed by atoms with Crippen molar-refractivity contribution in [3.63, 3.8) is 0 Å². The van der Waals surface area contributed by atoms with Gasteiger partial charge in [0.05, 0.1) is 5.76 Å². The molecule has 3 rings (SSSR count). The molecule has 3 nitrogen and oxygen atoms in total. The third kappa shape index (κ3) is 12.4. The van der Waals surface area contributed by atoms with Gasteiger partial charge in [-0.2, -0.15) is 0 Å². The molecule has 1 heterocycles. The van der Waals surface area contributed by atoms with Crippen molar-refractivity contribution < 1.29 is 30.0 Å². The number of benzene rings is 2. The van der Waals surface area contributed by atoms with E-state index in [4.69, 9.17) is 0 Å². The molecule has 0 saturated carbocycles. The summed E-state index contributed by atoms with van der Waals surface area (Å²) < 4.78 is 0. The molecule has 0 bridgehead atoms. The van der Waals surface area contributed by atoms with E-state index in [1.54, 1.807) is 0 Å². The van der Waals surface area contributed by atoms with Crippen molar-refractivity contribution in [2.24, 2.45) is 11.8 Å². The molecule has 36 heavy (non-hydrogen) atoms. The number of allylic oxidation sites excluding steroid dienone is 2. The summed E-state index contributed by atoms with van der Waals surface area (Å²) in [5.74, 6) is 0.979. The summed E-state index contributed by atoms with van der Waals surface area (Å²) >= 11 is 0. The predicted octanol–water partition coefficient (Wildman–Crippen LogP) is 8.04. The topological polar surface area (TPSA) is 50.2 Å². The summed E-state index contributed by atoms with van der Waals surface area (Å²) in [5.41, 5.74) is 7.45. The molecule has 0 fully saturated rings. The average molecular weight is 663 g/mol. The number of carbonyl (C=O) groups excluding carboxylic acids is 1. The van der Waals surface area contributed by atoms with E-state index < -0.39 is 0 Å². The number of aromatic nitrogens is 1. The van der Waals surface area contributed by atoms with E-state index in [-0.39, 0.29) is 31.6 Å². The van der Waals surface area contributed by atoms with Gasteiger partial charge in [-0.3, -0.25) is 4.79 Å². The number of nitrogens with zero attached hydrogens (tertiary/aromatic N) is 1. The van der Waals surface area contributed by atoms with Crippen LogP contribution in [0.15, 0.2) is 72.6 Å². The first kappa shape index (κ1) is 31.5. The van der Waals surface area contributed by atoms with Crippen molar-refractivity contribution >= 4 is 5.78 Å². The van der Waals surface area contributed by atoms with Gasteiger partial charge in [0.2, 0.25) is 0 Å². The maximum Gasteiger partial charge on any atom is 0.159 e. The van der Waals surface area contributed by atoms with E-state index in [0.717, 1.165) is 24.1 Å². The summed E-state index contributed by atoms with van der Waals surface area (Å²) in [6.45, 7) is 12.3. The third-order valence-electron chi connectivity index (χ3n) is 5.35. The van der Waals surface area contributed by atoms with Gasteiger partial charge in [0.25, 0.3) is 0 Å². The third-order valence-corrected chi connectivity index (χ3v) is 5.35. The Bertz CT molecular complexity index is 1080. The van der Waals surface area contributed by atoms with Crippen LogP contribution in [0.5, 0.6) is 0 Å². The molecule has 195 valence electrons. The molecule has 0 aliphatic carbocycles. The molecule has 1 aromatic heterocycles. The van der Waals surface area contributed by atoms with Crippen LogP contribution in [0.4, 0.5) is 0 Å². The molecular weight excluding hydrogens is 623 g/mol. The standard InChI is InChI=1S/C21H20N.C11H20O2.Ir/c1-16-12-17(2)14-19(13-16)9-8-18-10-11-22-21(15-18)20-6-4-3-5-7-20;1-8(2)5-10(12)7-11(13)6-9(3)4;/h3-6,10-15H,8-9H2,1-2H3;7-9,12H,5-6H2,1-4H3;/q-1;;/b;10-7-;. The summed E-state index contributed by atoms with van der Waals surface area (Å²) in [7, 11) is 0. The fourth-order valence-corrected chi connectivity index (χ4v) is 3.96. The second kappa shape index (κ2) is 16.2. The van der Waals surface area contributed by atoms with Crippen LogP contribution in [0.2, 0.25) is 0 Å². The number of aliphatic hydroxyl groups is 1. The Hall–Kier alpha value is -2.55. The van der Waals surface area contributed by atoms with Crippen LogP contribution < -0.4 is 0 Å². The van der Waals surface area contributed by atoms with E-state index in [9.17, 15) is 9.90 Å². The Morgan fingerprint density at radius 2 is 1.56 bits per heavy atom. The van der Waals surface area contributed by atoms with Crippen LogP contribution in [0.25, 0.3) is 11.3 Å². The maximum atomic E-state index is 11.2. The summed E-state index contributed by atoms with van der Waals surface area (Å²) in [4.78, 5) is 15.7. The molecule has 4 heteroatoms. The van der Waals surface area contributed by atoms with E-state index in [0.29, 0.717) is 24.7 Å². The van der Waals surface area contributed by atoms with E-state index in [1.807, 2.05) is 52.1 Å². The molecule has 0 aliphatic heterocycles. The van der Waals surface area contributed by atoms with Gasteiger partial charge < -0.3 is 10.1 Å². The number of carbonyl (C=O) groups is 1. The Balaban J connectivity index is 0.000000402. The minimum atomic E-state index is 0. The van der Waals surface area contributed by atoms with E-state index >= 15 is 0 Å². The number of rotatable bonds is 9. The normalized spacial score (nSPS) is 11.1. The van der Waals surface area contributed by atoms with Crippen LogP contribution in [-0.2, 0) is 37.7 Å². The van der Waals surface area contributed by atoms with Gasteiger partial charge in [-0.1, -0.05) is 68.7 Å². The Labute approximate surface area is 231 Å². The molecular formula is C32H40IrNO2-. The van der Waals surface area contributed by atoms with Gasteiger partial charge in [0, 0.05) is 45.2 Å². The van der Waals surface area contributed by atoms with Crippen molar-refractivity contribution in [2.45, 2.75) is 67.2 Å². The van der Waals surface area contributed by atoms with Crippen molar-refractivity contribution in [2.75, 3.05) is 0 Å². The van der Waals surface area contributed by atoms with Crippen molar-refractivity contribution in [1.82, 2.24) is 4.98 Å². The van der Waals surface area contributed by atoms with Gasteiger partial charge in [-0.05, 0) is 55.8 Å². The van der Waals surface area contributed by atoms with E-state index in [2.05, 4.69) is 61.3 Å². The smallest absolute Gasteiger partial charge is 0.159 e. The summed E-state index contributed by atoms with van der Waals surface area (Å²) in [6, 6.07) is 22.3. The number of hydrogen-bond acceptors (Lipinski definition) is 3. The van der Waals surface area contributed by atoms with Crippen LogP contribution in [-0.4, -0.2) is 15.9 Å². The second-order valence-electron chi connectivity index (χ2n) is 10.1. The van der Waals surface area contributed by atoms with Crippen LogP contribution >= 0.6 is 0 Å². The first-order chi connectivity index (χ1) is 16.6. The predicted molar refractivity (Wildman–Crippen MR) is 146 cm³/mol. The number of aliphatic hydroxyl groups excluding tert-OH is 1. The largest absolute Gasteiger partial charge is 0.512 e. The number of ketones is 1. The zero-order valence-electron chi connectivity index (χ0n) is 22.5. The van der Waals surface area contributed by atoms with Gasteiger partial charge in [0.1, 0.15) is 0 Å². The monoisotopic (exact) mass is 663 g/mol. The molecule has 0 saturated heterocycles. The summed E-state index contributed by atoms with van der Waals surface area (Å²) in [5, 5.41) is 9.34. The molecule has 1 radical (unpaired) electrons. The van der Waals surface area contributed by atoms with E-state index in [1.165, 1.54) is 28.3 Å². The number of pyridine rings is 1. The molecule has 0 aliphatic rings. The molecule has 0 unspecified atom stereocenters. The summed E-state index contributed by atoms with van der Waals surface area (Å²) in [6.07, 6.45) is 6.45. The van der Waals surface area contributed by atoms with Crippen molar-refractivity contribution in [1.29, 1.82) is 0 Å². The minimum Gasteiger partial charge on any atom is -0.512 e. The Morgan fingerprint density at radius 1 is 0.917 bits per heavy atom. The minimum absolute atomic E-state index is 0. The van der Waals surface area contributed by atoms with Gasteiger partial charge >= 0.3 is 0 Å². The SMILES string of the molecule is CC(C)CC(=O)/C=C(\O)CC(C)C.Cc1cc(C)cc(CCc2ccnc(-c3[c-]cccc3)c2)c1.[Ir]. The zero-order valence-corrected chi connectivity index (χ0v) is 24.9. The molecule has 0 amide bonds.